The minimum Gasteiger partial charge on any atom is -0.344 e. The Bertz CT molecular complexity index is 763. The molecule has 0 saturated carbocycles. The van der Waals surface area contributed by atoms with Gasteiger partial charge >= 0.3 is 0 Å². The molecule has 1 aliphatic carbocycles. The molecule has 0 saturated heterocycles. The first-order valence-corrected chi connectivity index (χ1v) is 11.7. The first-order valence-electron chi connectivity index (χ1n) is 7.49. The maximum atomic E-state index is 3.85. The van der Waals surface area contributed by atoms with Crippen molar-refractivity contribution in [1.82, 2.24) is 6.15 Å². The minimum absolute atomic E-state index is 0. The van der Waals surface area contributed by atoms with Crippen LogP contribution in [0.5, 0.6) is 0 Å². The Morgan fingerprint density at radius 2 is 1.74 bits per heavy atom. The highest BCUT2D eigenvalue weighted by atomic mass is 79.9. The standard InChI is InChI=1S/C19H23BrS2.H3N/c1-11-9-12(2)18(16(20)10-11)22(5,6)19-14(4)13(3)15-7-8-21-17(15)19;/h7-10,19H,1-6H3;1H3. The summed E-state index contributed by atoms with van der Waals surface area (Å²) in [4.78, 5) is 3.10. The smallest absolute Gasteiger partial charge is 0.0487 e. The van der Waals surface area contributed by atoms with Crippen molar-refractivity contribution in [2.45, 2.75) is 37.8 Å². The number of thiophene rings is 1. The van der Waals surface area contributed by atoms with Gasteiger partial charge in [0.2, 0.25) is 0 Å². The Balaban J connectivity index is 0.00000192. The van der Waals surface area contributed by atoms with Crippen LogP contribution < -0.4 is 6.15 Å². The Morgan fingerprint density at radius 3 is 2.35 bits per heavy atom. The summed E-state index contributed by atoms with van der Waals surface area (Å²) in [6.45, 7) is 9.05. The first kappa shape index (κ1) is 18.8. The lowest BCUT2D eigenvalue weighted by molar-refractivity contribution is 1.13. The third-order valence-corrected chi connectivity index (χ3v) is 10.2. The number of fused-ring (bicyclic) bond motifs is 1. The molecule has 1 aliphatic rings. The van der Waals surface area contributed by atoms with Gasteiger partial charge in [-0.25, -0.2) is 10.0 Å². The van der Waals surface area contributed by atoms with E-state index in [1.165, 1.54) is 31.6 Å². The topological polar surface area (TPSA) is 35.0 Å². The predicted molar refractivity (Wildman–Crippen MR) is 112 cm³/mol. The fourth-order valence-corrected chi connectivity index (χ4v) is 11.1. The van der Waals surface area contributed by atoms with E-state index in [4.69, 9.17) is 0 Å². The number of benzene rings is 1. The molecule has 0 amide bonds. The van der Waals surface area contributed by atoms with Crippen LogP contribution in [0.2, 0.25) is 0 Å². The van der Waals surface area contributed by atoms with Gasteiger partial charge in [-0.05, 0) is 95.9 Å². The lowest BCUT2D eigenvalue weighted by Crippen LogP contribution is -2.10. The summed E-state index contributed by atoms with van der Waals surface area (Å²) < 4.78 is 1.28. The molecular weight excluding hydrogens is 386 g/mol. The van der Waals surface area contributed by atoms with E-state index in [1.54, 1.807) is 10.5 Å². The molecule has 0 fully saturated rings. The number of halogens is 1. The molecule has 0 radical (unpaired) electrons. The van der Waals surface area contributed by atoms with Gasteiger partial charge in [-0.3, -0.25) is 0 Å². The Morgan fingerprint density at radius 1 is 1.09 bits per heavy atom. The summed E-state index contributed by atoms with van der Waals surface area (Å²) in [6, 6.07) is 6.89. The Labute approximate surface area is 154 Å². The van der Waals surface area contributed by atoms with Crippen molar-refractivity contribution >= 4 is 42.9 Å². The number of hydrogen-bond acceptors (Lipinski definition) is 2. The van der Waals surface area contributed by atoms with Gasteiger partial charge < -0.3 is 6.15 Å². The monoisotopic (exact) mass is 411 g/mol. The summed E-state index contributed by atoms with van der Waals surface area (Å²) in [5.74, 6) is 0. The number of aryl methyl sites for hydroxylation is 2. The Kier molecular flexibility index (Phi) is 5.22. The van der Waals surface area contributed by atoms with E-state index in [0.717, 1.165) is 0 Å². The summed E-state index contributed by atoms with van der Waals surface area (Å²) in [5.41, 5.74) is 7.28. The highest BCUT2D eigenvalue weighted by molar-refractivity contribution is 9.10. The third kappa shape index (κ3) is 2.84. The van der Waals surface area contributed by atoms with Crippen LogP contribution in [0.15, 0.2) is 38.5 Å². The molecule has 0 spiro atoms. The molecule has 3 rings (SSSR count). The third-order valence-electron chi connectivity index (χ3n) is 4.81. The van der Waals surface area contributed by atoms with Crippen LogP contribution in [0.1, 0.15) is 40.7 Å². The molecule has 0 aliphatic heterocycles. The molecular formula is C19H26BrNS2. The van der Waals surface area contributed by atoms with E-state index < -0.39 is 10.0 Å². The zero-order chi connectivity index (χ0) is 16.2. The van der Waals surface area contributed by atoms with Gasteiger partial charge in [0.15, 0.2) is 0 Å². The maximum absolute atomic E-state index is 3.85. The molecule has 0 bridgehead atoms. The van der Waals surface area contributed by atoms with Crippen molar-refractivity contribution in [1.29, 1.82) is 0 Å². The SMILES string of the molecule is CC1=C(C)C(S(C)(C)c2c(C)cc(C)cc2Br)c2sccc21.N. The van der Waals surface area contributed by atoms with E-state index in [1.807, 2.05) is 11.3 Å². The highest BCUT2D eigenvalue weighted by Gasteiger charge is 2.38. The molecule has 1 heterocycles. The molecule has 126 valence electrons. The fourth-order valence-electron chi connectivity index (χ4n) is 3.84. The van der Waals surface area contributed by atoms with E-state index in [-0.39, 0.29) is 6.15 Å². The van der Waals surface area contributed by atoms with E-state index in [0.29, 0.717) is 5.25 Å². The summed E-state index contributed by atoms with van der Waals surface area (Å²) in [6.07, 6.45) is 4.96. The van der Waals surface area contributed by atoms with Crippen LogP contribution in [-0.2, 0) is 0 Å². The zero-order valence-electron chi connectivity index (χ0n) is 14.8. The molecule has 2 aromatic rings. The lowest BCUT2D eigenvalue weighted by Gasteiger charge is -2.41. The maximum Gasteiger partial charge on any atom is 0.0487 e. The second-order valence-corrected chi connectivity index (χ2v) is 12.2. The summed E-state index contributed by atoms with van der Waals surface area (Å²) >= 11 is 5.78. The van der Waals surface area contributed by atoms with Gasteiger partial charge in [-0.2, -0.15) is 0 Å². The van der Waals surface area contributed by atoms with E-state index >= 15 is 0 Å². The van der Waals surface area contributed by atoms with Crippen molar-refractivity contribution < 1.29 is 0 Å². The molecule has 23 heavy (non-hydrogen) atoms. The van der Waals surface area contributed by atoms with Crippen LogP contribution >= 0.6 is 37.3 Å². The van der Waals surface area contributed by atoms with Gasteiger partial charge in [0.05, 0.1) is 0 Å². The van der Waals surface area contributed by atoms with Crippen molar-refractivity contribution in [3.05, 3.63) is 55.2 Å². The number of allylic oxidation sites excluding steroid dienone is 1. The minimum atomic E-state index is -0.977. The van der Waals surface area contributed by atoms with E-state index in [9.17, 15) is 0 Å². The van der Waals surface area contributed by atoms with E-state index in [2.05, 4.69) is 79.7 Å². The van der Waals surface area contributed by atoms with Crippen LogP contribution in [0.25, 0.3) is 5.57 Å². The van der Waals surface area contributed by atoms with Gasteiger partial charge in [0, 0.05) is 19.5 Å². The van der Waals surface area contributed by atoms with Crippen molar-refractivity contribution in [2.24, 2.45) is 0 Å². The highest BCUT2D eigenvalue weighted by Crippen LogP contribution is 2.69. The van der Waals surface area contributed by atoms with Crippen LogP contribution in [-0.4, -0.2) is 12.5 Å². The van der Waals surface area contributed by atoms with Gasteiger partial charge in [-0.15, -0.1) is 11.3 Å². The zero-order valence-corrected chi connectivity index (χ0v) is 18.0. The van der Waals surface area contributed by atoms with Crippen LogP contribution in [0.3, 0.4) is 0 Å². The molecule has 1 unspecified atom stereocenters. The molecule has 1 aromatic heterocycles. The normalized spacial score (nSPS) is 18.0. The second-order valence-electron chi connectivity index (χ2n) is 6.69. The number of rotatable bonds is 2. The molecule has 1 aromatic carbocycles. The van der Waals surface area contributed by atoms with Gasteiger partial charge in [0.25, 0.3) is 0 Å². The van der Waals surface area contributed by atoms with Crippen molar-refractivity contribution in [2.75, 3.05) is 12.5 Å². The average molecular weight is 412 g/mol. The summed E-state index contributed by atoms with van der Waals surface area (Å²) in [7, 11) is -0.977. The van der Waals surface area contributed by atoms with Crippen molar-refractivity contribution in [3.8, 4) is 0 Å². The van der Waals surface area contributed by atoms with Crippen molar-refractivity contribution in [3.63, 3.8) is 0 Å². The first-order chi connectivity index (χ1) is 10.2. The molecule has 1 nitrogen and oxygen atoms in total. The predicted octanol–water partition coefficient (Wildman–Crippen LogP) is 7.26. The molecule has 4 heteroatoms. The quantitative estimate of drug-likeness (QED) is 0.553. The average Bonchev–Trinajstić information content (AvgIpc) is 2.92. The molecule has 1 atom stereocenters. The second kappa shape index (κ2) is 6.40. The summed E-state index contributed by atoms with van der Waals surface area (Å²) in [5, 5.41) is 2.81. The largest absolute Gasteiger partial charge is 0.344 e. The van der Waals surface area contributed by atoms with Crippen LogP contribution in [0, 0.1) is 13.8 Å². The molecule has 3 N–H and O–H groups in total. The lowest BCUT2D eigenvalue weighted by atomic mass is 10.1. The Hall–Kier alpha value is -0.550. The fraction of sp³-hybridized carbons (Fsp3) is 0.368. The van der Waals surface area contributed by atoms with Crippen LogP contribution in [0.4, 0.5) is 0 Å². The number of hydrogen-bond donors (Lipinski definition) is 1. The van der Waals surface area contributed by atoms with Gasteiger partial charge in [0.1, 0.15) is 0 Å². The van der Waals surface area contributed by atoms with Gasteiger partial charge in [-0.1, -0.05) is 11.6 Å².